The van der Waals surface area contributed by atoms with E-state index in [1.807, 2.05) is 13.0 Å². The van der Waals surface area contributed by atoms with Gasteiger partial charge in [-0.3, -0.25) is 9.10 Å². The zero-order chi connectivity index (χ0) is 13.9. The number of hydrogen-bond acceptors (Lipinski definition) is 3. The highest BCUT2D eigenvalue weighted by molar-refractivity contribution is 7.70. The fourth-order valence-electron chi connectivity index (χ4n) is 2.41. The van der Waals surface area contributed by atoms with Crippen LogP contribution in [-0.4, -0.2) is 29.8 Å². The Bertz CT molecular complexity index is 457. The molecule has 1 N–H and O–H groups in total. The molecule has 0 saturated carbocycles. The van der Waals surface area contributed by atoms with Crippen molar-refractivity contribution in [3.63, 3.8) is 0 Å². The second kappa shape index (κ2) is 6.04. The largest absolute Gasteiger partial charge is 0.481 e. The Morgan fingerprint density at radius 3 is 2.44 bits per heavy atom. The lowest BCUT2D eigenvalue weighted by Crippen LogP contribution is -2.42. The average molecular weight is 273 g/mol. The van der Waals surface area contributed by atoms with Crippen molar-refractivity contribution >= 4 is 16.9 Å². The number of nitrogens with zero attached hydrogens (tertiary/aromatic N) is 1. The molecule has 2 atom stereocenters. The molecule has 1 aliphatic rings. The van der Waals surface area contributed by atoms with Crippen molar-refractivity contribution in [2.45, 2.75) is 39.7 Å². The fraction of sp³-hybridized carbons (Fsp3) is 0.583. The molecule has 0 amide bonds. The van der Waals surface area contributed by atoms with Crippen LogP contribution in [0.5, 0.6) is 0 Å². The van der Waals surface area contributed by atoms with Crippen LogP contribution in [0.2, 0.25) is 0 Å². The SMILES string of the molecule is C/C=C1/C[C@@H](CC(=O)O)[C@@H](C)N([SH](=O)=O)/C1=C/C. The number of thiol groups is 1. The molecule has 0 spiro atoms. The number of rotatable bonds is 3. The summed E-state index contributed by atoms with van der Waals surface area (Å²) in [6.45, 7) is 5.38. The normalized spacial score (nSPS) is 29.2. The van der Waals surface area contributed by atoms with Crippen LogP contribution in [0.3, 0.4) is 0 Å². The summed E-state index contributed by atoms with van der Waals surface area (Å²) in [7, 11) is -2.76. The Labute approximate surface area is 109 Å². The number of carbonyl (C=O) groups is 1. The third kappa shape index (κ3) is 2.93. The molecule has 0 bridgehead atoms. The fourth-order valence-corrected chi connectivity index (χ4v) is 3.32. The monoisotopic (exact) mass is 273 g/mol. The van der Waals surface area contributed by atoms with E-state index in [1.54, 1.807) is 19.9 Å². The van der Waals surface area contributed by atoms with Gasteiger partial charge >= 0.3 is 5.97 Å². The predicted molar refractivity (Wildman–Crippen MR) is 69.5 cm³/mol. The highest BCUT2D eigenvalue weighted by Gasteiger charge is 2.35. The highest BCUT2D eigenvalue weighted by atomic mass is 32.2. The summed E-state index contributed by atoms with van der Waals surface area (Å²) >= 11 is 0. The topological polar surface area (TPSA) is 74.7 Å². The summed E-state index contributed by atoms with van der Waals surface area (Å²) in [5.74, 6) is -1.09. The van der Waals surface area contributed by atoms with Gasteiger partial charge in [-0.15, -0.1) is 0 Å². The minimum absolute atomic E-state index is 0.0187. The van der Waals surface area contributed by atoms with Crippen molar-refractivity contribution in [1.82, 2.24) is 4.31 Å². The number of carboxylic acid groups (broad SMARTS) is 1. The minimum Gasteiger partial charge on any atom is -0.481 e. The van der Waals surface area contributed by atoms with Crippen molar-refractivity contribution in [3.05, 3.63) is 23.4 Å². The standard InChI is InChI=1S/C12H19NO4S/c1-4-9-6-10(7-12(14)15)8(3)13(18(16)17)11(9)5-2/h4-5,8,10,18H,6-7H2,1-3H3,(H,14,15)/b9-4-,11-5+/t8-,10+/m1/s1. The second-order valence-electron chi connectivity index (χ2n) is 4.37. The molecule has 1 saturated heterocycles. The lowest BCUT2D eigenvalue weighted by molar-refractivity contribution is -0.138. The molecule has 102 valence electrons. The molecule has 1 aliphatic heterocycles. The first-order valence-electron chi connectivity index (χ1n) is 5.89. The lowest BCUT2D eigenvalue weighted by Gasteiger charge is -2.39. The Kier molecular flexibility index (Phi) is 4.95. The Balaban J connectivity index is 3.16. The number of aliphatic carboxylic acids is 1. The Morgan fingerprint density at radius 2 is 2.06 bits per heavy atom. The summed E-state index contributed by atoms with van der Waals surface area (Å²) < 4.78 is 24.1. The molecule has 0 radical (unpaired) electrons. The summed E-state index contributed by atoms with van der Waals surface area (Å²) in [5, 5.41) is 8.89. The van der Waals surface area contributed by atoms with Gasteiger partial charge in [0.05, 0.1) is 12.1 Å². The van der Waals surface area contributed by atoms with Crippen molar-refractivity contribution in [3.8, 4) is 0 Å². The Hall–Kier alpha value is -1.30. The summed E-state index contributed by atoms with van der Waals surface area (Å²) in [5.41, 5.74) is 1.56. The van der Waals surface area contributed by atoms with Gasteiger partial charge in [-0.05, 0) is 38.7 Å². The van der Waals surface area contributed by atoms with Gasteiger partial charge in [0.15, 0.2) is 0 Å². The van der Waals surface area contributed by atoms with Gasteiger partial charge in [-0.2, -0.15) is 0 Å². The Morgan fingerprint density at radius 1 is 1.44 bits per heavy atom. The molecule has 1 heterocycles. The van der Waals surface area contributed by atoms with Crippen molar-refractivity contribution < 1.29 is 18.3 Å². The maximum absolute atomic E-state index is 11.4. The van der Waals surface area contributed by atoms with Gasteiger partial charge in [-0.1, -0.05) is 12.2 Å². The maximum atomic E-state index is 11.4. The van der Waals surface area contributed by atoms with Crippen LogP contribution in [0.25, 0.3) is 0 Å². The van der Waals surface area contributed by atoms with E-state index in [-0.39, 0.29) is 18.4 Å². The first-order chi connectivity index (χ1) is 8.42. The van der Waals surface area contributed by atoms with E-state index in [1.165, 1.54) is 4.31 Å². The van der Waals surface area contributed by atoms with E-state index in [2.05, 4.69) is 0 Å². The number of allylic oxidation sites excluding steroid dienone is 3. The third-order valence-corrected chi connectivity index (χ3v) is 4.29. The second-order valence-corrected chi connectivity index (χ2v) is 5.28. The molecule has 1 rings (SSSR count). The van der Waals surface area contributed by atoms with Crippen LogP contribution in [0, 0.1) is 5.92 Å². The van der Waals surface area contributed by atoms with Crippen LogP contribution in [-0.2, 0) is 15.7 Å². The van der Waals surface area contributed by atoms with Gasteiger partial charge in [0, 0.05) is 6.04 Å². The minimum atomic E-state index is -2.76. The van der Waals surface area contributed by atoms with Crippen molar-refractivity contribution in [1.29, 1.82) is 0 Å². The number of piperidine rings is 1. The van der Waals surface area contributed by atoms with Gasteiger partial charge < -0.3 is 5.11 Å². The van der Waals surface area contributed by atoms with Gasteiger partial charge in [0.1, 0.15) is 0 Å². The molecule has 0 aromatic carbocycles. The third-order valence-electron chi connectivity index (χ3n) is 3.36. The molecule has 0 aromatic rings. The van der Waals surface area contributed by atoms with Crippen LogP contribution < -0.4 is 0 Å². The first kappa shape index (κ1) is 14.8. The quantitative estimate of drug-likeness (QED) is 0.765. The molecular formula is C12H19NO4S. The van der Waals surface area contributed by atoms with Gasteiger partial charge in [0.25, 0.3) is 0 Å². The van der Waals surface area contributed by atoms with Crippen LogP contribution in [0.4, 0.5) is 0 Å². The molecule has 0 aliphatic carbocycles. The molecule has 5 nitrogen and oxygen atoms in total. The van der Waals surface area contributed by atoms with Crippen molar-refractivity contribution in [2.75, 3.05) is 0 Å². The molecule has 1 fully saturated rings. The van der Waals surface area contributed by atoms with Crippen LogP contribution in [0.1, 0.15) is 33.6 Å². The molecule has 6 heteroatoms. The predicted octanol–water partition coefficient (Wildman–Crippen LogP) is 1.55. The number of hydrogen-bond donors (Lipinski definition) is 2. The average Bonchev–Trinajstić information content (AvgIpc) is 2.29. The van der Waals surface area contributed by atoms with E-state index < -0.39 is 16.9 Å². The molecule has 0 unspecified atom stereocenters. The first-order valence-corrected chi connectivity index (χ1v) is 7.02. The van der Waals surface area contributed by atoms with Crippen molar-refractivity contribution in [2.24, 2.45) is 5.92 Å². The summed E-state index contributed by atoms with van der Waals surface area (Å²) in [6, 6.07) is -0.322. The zero-order valence-corrected chi connectivity index (χ0v) is 11.7. The smallest absolute Gasteiger partial charge is 0.303 e. The lowest BCUT2D eigenvalue weighted by atomic mass is 9.84. The van der Waals surface area contributed by atoms with E-state index in [9.17, 15) is 13.2 Å². The van der Waals surface area contributed by atoms with Gasteiger partial charge in [0.2, 0.25) is 10.9 Å². The van der Waals surface area contributed by atoms with E-state index >= 15 is 0 Å². The van der Waals surface area contributed by atoms with E-state index in [4.69, 9.17) is 5.11 Å². The van der Waals surface area contributed by atoms with Crippen LogP contribution in [0.15, 0.2) is 23.4 Å². The molecular weight excluding hydrogens is 254 g/mol. The highest BCUT2D eigenvalue weighted by Crippen LogP contribution is 2.36. The van der Waals surface area contributed by atoms with E-state index in [0.717, 1.165) is 5.57 Å². The zero-order valence-electron chi connectivity index (χ0n) is 10.8. The van der Waals surface area contributed by atoms with E-state index in [0.29, 0.717) is 12.1 Å². The summed E-state index contributed by atoms with van der Waals surface area (Å²) in [6.07, 6.45) is 4.19. The number of carboxylic acids is 1. The van der Waals surface area contributed by atoms with Gasteiger partial charge in [-0.25, -0.2) is 8.42 Å². The molecule has 0 aromatic heterocycles. The van der Waals surface area contributed by atoms with Crippen LogP contribution >= 0.6 is 0 Å². The summed E-state index contributed by atoms with van der Waals surface area (Å²) in [4.78, 5) is 10.8. The molecule has 18 heavy (non-hydrogen) atoms. The maximum Gasteiger partial charge on any atom is 0.303 e.